The second-order valence-corrected chi connectivity index (χ2v) is 5.54. The van der Waals surface area contributed by atoms with E-state index in [-0.39, 0.29) is 5.91 Å². The maximum atomic E-state index is 12.3. The van der Waals surface area contributed by atoms with E-state index in [0.29, 0.717) is 35.2 Å². The molecular formula is C12H17N5OS. The molecule has 2 heterocycles. The van der Waals surface area contributed by atoms with Crippen molar-refractivity contribution >= 4 is 22.4 Å². The summed E-state index contributed by atoms with van der Waals surface area (Å²) in [5, 5.41) is 9.00. The molecule has 0 radical (unpaired) electrons. The number of aryl methyl sites for hydroxylation is 1. The van der Waals surface area contributed by atoms with Crippen LogP contribution in [0.3, 0.4) is 0 Å². The first-order valence-corrected chi connectivity index (χ1v) is 7.05. The molecule has 0 saturated carbocycles. The van der Waals surface area contributed by atoms with Crippen LogP contribution in [0.2, 0.25) is 0 Å². The molecule has 0 spiro atoms. The molecule has 0 aromatic carbocycles. The number of carbonyl (C=O) groups excluding carboxylic acids is 1. The summed E-state index contributed by atoms with van der Waals surface area (Å²) in [4.78, 5) is 21.1. The first kappa shape index (κ1) is 13.8. The van der Waals surface area contributed by atoms with Crippen molar-refractivity contribution in [1.82, 2.24) is 14.8 Å². The summed E-state index contributed by atoms with van der Waals surface area (Å²) in [6.45, 7) is 5.62. The van der Waals surface area contributed by atoms with E-state index in [0.717, 1.165) is 19.6 Å². The molecule has 7 heteroatoms. The molecule has 102 valence electrons. The zero-order valence-corrected chi connectivity index (χ0v) is 11.7. The van der Waals surface area contributed by atoms with E-state index in [1.165, 1.54) is 11.3 Å². The molecule has 0 aliphatic carbocycles. The summed E-state index contributed by atoms with van der Waals surface area (Å²) in [6.07, 6.45) is 0.540. The number of amides is 1. The van der Waals surface area contributed by atoms with Gasteiger partial charge in [-0.15, -0.1) is 0 Å². The van der Waals surface area contributed by atoms with Crippen molar-refractivity contribution in [3.8, 4) is 6.07 Å². The second kappa shape index (κ2) is 5.99. The molecular weight excluding hydrogens is 262 g/mol. The smallest absolute Gasteiger partial charge is 0.266 e. The highest BCUT2D eigenvalue weighted by molar-refractivity contribution is 7.17. The van der Waals surface area contributed by atoms with Crippen molar-refractivity contribution in [2.24, 2.45) is 0 Å². The molecule has 1 aliphatic heterocycles. The molecule has 1 aliphatic rings. The zero-order chi connectivity index (χ0) is 13.8. The fourth-order valence-corrected chi connectivity index (χ4v) is 2.94. The number of hydrogen-bond acceptors (Lipinski definition) is 6. The van der Waals surface area contributed by atoms with Gasteiger partial charge in [0, 0.05) is 39.1 Å². The largest absolute Gasteiger partial charge is 0.375 e. The molecule has 1 saturated heterocycles. The molecule has 2 N–H and O–H groups in total. The van der Waals surface area contributed by atoms with E-state index < -0.39 is 0 Å². The SMILES string of the molecule is Cc1nc(N)sc1C(=O)N1CCN(CCC#N)CC1. The van der Waals surface area contributed by atoms with Crippen molar-refractivity contribution in [3.05, 3.63) is 10.6 Å². The number of hydrogen-bond donors (Lipinski definition) is 1. The van der Waals surface area contributed by atoms with Gasteiger partial charge in [0.05, 0.1) is 11.8 Å². The minimum absolute atomic E-state index is 0.0200. The number of anilines is 1. The van der Waals surface area contributed by atoms with Crippen molar-refractivity contribution in [2.45, 2.75) is 13.3 Å². The van der Waals surface area contributed by atoms with Crippen LogP contribution in [0.25, 0.3) is 0 Å². The summed E-state index contributed by atoms with van der Waals surface area (Å²) in [6, 6.07) is 2.14. The predicted octanol–water partition coefficient (Wildman–Crippen LogP) is 0.705. The van der Waals surface area contributed by atoms with Crippen LogP contribution in [0.5, 0.6) is 0 Å². The quantitative estimate of drug-likeness (QED) is 0.880. The molecule has 0 bridgehead atoms. The Morgan fingerprint density at radius 1 is 1.47 bits per heavy atom. The monoisotopic (exact) mass is 279 g/mol. The summed E-state index contributed by atoms with van der Waals surface area (Å²) in [5.74, 6) is 0.0200. The Morgan fingerprint density at radius 2 is 2.16 bits per heavy atom. The lowest BCUT2D eigenvalue weighted by Crippen LogP contribution is -2.48. The Morgan fingerprint density at radius 3 is 2.68 bits per heavy atom. The van der Waals surface area contributed by atoms with Crippen molar-refractivity contribution in [1.29, 1.82) is 5.26 Å². The lowest BCUT2D eigenvalue weighted by atomic mass is 10.2. The maximum Gasteiger partial charge on any atom is 0.266 e. The molecule has 0 atom stereocenters. The zero-order valence-electron chi connectivity index (χ0n) is 10.9. The first-order chi connectivity index (χ1) is 9.11. The number of carbonyl (C=O) groups is 1. The van der Waals surface area contributed by atoms with Gasteiger partial charge in [0.2, 0.25) is 0 Å². The van der Waals surface area contributed by atoms with Crippen LogP contribution in [0.4, 0.5) is 5.13 Å². The minimum atomic E-state index is 0.0200. The number of nitrogens with two attached hydrogens (primary N) is 1. The standard InChI is InChI=1S/C12H17N5OS/c1-9-10(19-12(14)15-9)11(18)17-7-5-16(6-8-17)4-2-3-13/h2,4-8H2,1H3,(H2,14,15). The van der Waals surface area contributed by atoms with Crippen molar-refractivity contribution < 1.29 is 4.79 Å². The van der Waals surface area contributed by atoms with Crippen molar-refractivity contribution in [2.75, 3.05) is 38.5 Å². The average Bonchev–Trinajstić information content (AvgIpc) is 2.75. The lowest BCUT2D eigenvalue weighted by Gasteiger charge is -2.34. The van der Waals surface area contributed by atoms with Gasteiger partial charge in [0.1, 0.15) is 4.88 Å². The summed E-state index contributed by atoms with van der Waals surface area (Å²) >= 11 is 1.25. The van der Waals surface area contributed by atoms with Crippen LogP contribution in [0.15, 0.2) is 0 Å². The van der Waals surface area contributed by atoms with Crippen LogP contribution in [0, 0.1) is 18.3 Å². The van der Waals surface area contributed by atoms with Gasteiger partial charge in [-0.25, -0.2) is 4.98 Å². The molecule has 1 aromatic rings. The Hall–Kier alpha value is -1.65. The van der Waals surface area contributed by atoms with E-state index in [9.17, 15) is 4.79 Å². The Labute approximate surface area is 116 Å². The van der Waals surface area contributed by atoms with E-state index in [1.54, 1.807) is 0 Å². The van der Waals surface area contributed by atoms with Crippen LogP contribution in [-0.2, 0) is 0 Å². The van der Waals surface area contributed by atoms with Crippen LogP contribution in [0.1, 0.15) is 21.8 Å². The van der Waals surface area contributed by atoms with Crippen LogP contribution < -0.4 is 5.73 Å². The van der Waals surface area contributed by atoms with E-state index in [4.69, 9.17) is 11.0 Å². The molecule has 0 unspecified atom stereocenters. The number of piperazine rings is 1. The molecule has 19 heavy (non-hydrogen) atoms. The van der Waals surface area contributed by atoms with Crippen molar-refractivity contribution in [3.63, 3.8) is 0 Å². The fraction of sp³-hybridized carbons (Fsp3) is 0.583. The molecule has 1 amide bonds. The predicted molar refractivity (Wildman–Crippen MR) is 73.8 cm³/mol. The highest BCUT2D eigenvalue weighted by Gasteiger charge is 2.24. The fourth-order valence-electron chi connectivity index (χ4n) is 2.14. The molecule has 1 fully saturated rings. The van der Waals surface area contributed by atoms with Gasteiger partial charge >= 0.3 is 0 Å². The van der Waals surface area contributed by atoms with Gasteiger partial charge in [-0.05, 0) is 6.92 Å². The highest BCUT2D eigenvalue weighted by Crippen LogP contribution is 2.22. The third-order valence-corrected chi connectivity index (χ3v) is 4.18. The third kappa shape index (κ3) is 3.22. The minimum Gasteiger partial charge on any atom is -0.375 e. The molecule has 1 aromatic heterocycles. The van der Waals surface area contributed by atoms with E-state index in [2.05, 4.69) is 16.0 Å². The maximum absolute atomic E-state index is 12.3. The number of aromatic nitrogens is 1. The summed E-state index contributed by atoms with van der Waals surface area (Å²) in [5.41, 5.74) is 6.33. The summed E-state index contributed by atoms with van der Waals surface area (Å²) < 4.78 is 0. The lowest BCUT2D eigenvalue weighted by molar-refractivity contribution is 0.0643. The van der Waals surface area contributed by atoms with Gasteiger partial charge < -0.3 is 10.6 Å². The van der Waals surface area contributed by atoms with Gasteiger partial charge in [0.25, 0.3) is 5.91 Å². The number of nitriles is 1. The highest BCUT2D eigenvalue weighted by atomic mass is 32.1. The normalized spacial score (nSPS) is 16.3. The third-order valence-electron chi connectivity index (χ3n) is 3.21. The Kier molecular flexibility index (Phi) is 4.35. The average molecular weight is 279 g/mol. The number of rotatable bonds is 3. The van der Waals surface area contributed by atoms with Gasteiger partial charge in [0.15, 0.2) is 5.13 Å². The van der Waals surface area contributed by atoms with E-state index >= 15 is 0 Å². The van der Waals surface area contributed by atoms with Crippen LogP contribution in [-0.4, -0.2) is 53.4 Å². The van der Waals surface area contributed by atoms with Gasteiger partial charge in [-0.3, -0.25) is 9.69 Å². The number of nitrogens with zero attached hydrogens (tertiary/aromatic N) is 4. The first-order valence-electron chi connectivity index (χ1n) is 6.23. The summed E-state index contributed by atoms with van der Waals surface area (Å²) in [7, 11) is 0. The topological polar surface area (TPSA) is 86.2 Å². The molecule has 6 nitrogen and oxygen atoms in total. The number of thiazole rings is 1. The van der Waals surface area contributed by atoms with Gasteiger partial charge in [-0.1, -0.05) is 11.3 Å². The molecule has 2 rings (SSSR count). The second-order valence-electron chi connectivity index (χ2n) is 4.51. The Bertz CT molecular complexity index is 499. The Balaban J connectivity index is 1.93. The van der Waals surface area contributed by atoms with E-state index in [1.807, 2.05) is 11.8 Å². The number of nitrogen functional groups attached to an aromatic ring is 1. The van der Waals surface area contributed by atoms with Crippen LogP contribution >= 0.6 is 11.3 Å². The van der Waals surface area contributed by atoms with Gasteiger partial charge in [-0.2, -0.15) is 5.26 Å².